The molecule has 1 saturated heterocycles. The number of thiazole rings is 1. The molecule has 1 aliphatic heterocycles. The number of likely N-dealkylation sites (N-methyl/N-ethyl adjacent to an activating group) is 1. The van der Waals surface area contributed by atoms with E-state index in [-0.39, 0.29) is 18.2 Å². The third kappa shape index (κ3) is 2.08. The van der Waals surface area contributed by atoms with E-state index in [1.807, 2.05) is 25.1 Å². The van der Waals surface area contributed by atoms with Gasteiger partial charge in [-0.25, -0.2) is 4.98 Å². The van der Waals surface area contributed by atoms with Crippen LogP contribution in [-0.2, 0) is 9.59 Å². The van der Waals surface area contributed by atoms with E-state index in [1.165, 1.54) is 18.4 Å². The number of likely N-dealkylation sites (tertiary alicyclic amines) is 1. The number of carbonyl (C=O) groups excluding carboxylic acids is 2. The van der Waals surface area contributed by atoms with E-state index in [9.17, 15) is 9.59 Å². The number of nitrogens with one attached hydrogen (secondary N) is 1. The Balaban J connectivity index is 1.86. The third-order valence-electron chi connectivity index (χ3n) is 3.22. The number of fused-ring (bicyclic) bond motifs is 1. The average molecular weight is 275 g/mol. The van der Waals surface area contributed by atoms with E-state index < -0.39 is 6.04 Å². The van der Waals surface area contributed by atoms with Gasteiger partial charge in [-0.1, -0.05) is 17.4 Å². The second-order valence-electron chi connectivity index (χ2n) is 4.68. The van der Waals surface area contributed by atoms with Gasteiger partial charge < -0.3 is 5.32 Å². The lowest BCUT2D eigenvalue weighted by Gasteiger charge is -2.09. The number of rotatable bonds is 2. The quantitative estimate of drug-likeness (QED) is 0.849. The second kappa shape index (κ2) is 4.31. The molecular weight excluding hydrogens is 262 g/mol. The van der Waals surface area contributed by atoms with Crippen molar-refractivity contribution in [2.45, 2.75) is 19.4 Å². The standard InChI is InChI=1S/C13H13N3O2S/c1-7-3-4-10-8(5-7)14-13(19-10)15-9-6-11(17)16(2)12(9)18/h3-5,9H,6H2,1-2H3,(H,14,15). The Morgan fingerprint density at radius 3 is 2.89 bits per heavy atom. The van der Waals surface area contributed by atoms with Crippen LogP contribution in [0.4, 0.5) is 5.13 Å². The van der Waals surface area contributed by atoms with Crippen molar-refractivity contribution in [2.24, 2.45) is 0 Å². The first-order valence-electron chi connectivity index (χ1n) is 5.99. The number of carbonyl (C=O) groups is 2. The lowest BCUT2D eigenvalue weighted by Crippen LogP contribution is -2.31. The van der Waals surface area contributed by atoms with E-state index in [0.717, 1.165) is 20.7 Å². The van der Waals surface area contributed by atoms with Crippen LogP contribution in [0.3, 0.4) is 0 Å². The van der Waals surface area contributed by atoms with Crippen LogP contribution >= 0.6 is 11.3 Å². The fourth-order valence-corrected chi connectivity index (χ4v) is 3.02. The SMILES string of the molecule is Cc1ccc2sc(NC3CC(=O)N(C)C3=O)nc2c1. The van der Waals surface area contributed by atoms with E-state index in [0.29, 0.717) is 5.13 Å². The molecule has 1 atom stereocenters. The van der Waals surface area contributed by atoms with Gasteiger partial charge in [0.15, 0.2) is 5.13 Å². The van der Waals surface area contributed by atoms with Gasteiger partial charge in [0.1, 0.15) is 6.04 Å². The van der Waals surface area contributed by atoms with E-state index in [4.69, 9.17) is 0 Å². The smallest absolute Gasteiger partial charge is 0.251 e. The summed E-state index contributed by atoms with van der Waals surface area (Å²) in [6.07, 6.45) is 0.199. The minimum Gasteiger partial charge on any atom is -0.349 e. The molecular formula is C13H13N3O2S. The second-order valence-corrected chi connectivity index (χ2v) is 5.71. The summed E-state index contributed by atoms with van der Waals surface area (Å²) in [5.74, 6) is -0.347. The van der Waals surface area contributed by atoms with Crippen LogP contribution < -0.4 is 5.32 Å². The highest BCUT2D eigenvalue weighted by Gasteiger charge is 2.36. The molecule has 0 saturated carbocycles. The lowest BCUT2D eigenvalue weighted by molar-refractivity contribution is -0.136. The first kappa shape index (κ1) is 12.1. The topological polar surface area (TPSA) is 62.3 Å². The minimum absolute atomic E-state index is 0.153. The van der Waals surface area contributed by atoms with Crippen molar-refractivity contribution >= 4 is 38.5 Å². The number of imide groups is 1. The molecule has 0 bridgehead atoms. The van der Waals surface area contributed by atoms with Gasteiger partial charge in [0.2, 0.25) is 5.91 Å². The van der Waals surface area contributed by atoms with Crippen LogP contribution in [0.5, 0.6) is 0 Å². The van der Waals surface area contributed by atoms with Crippen molar-refractivity contribution in [1.29, 1.82) is 0 Å². The Labute approximate surface area is 114 Å². The Bertz CT molecular complexity index is 680. The summed E-state index contributed by atoms with van der Waals surface area (Å²) in [5.41, 5.74) is 2.06. The maximum atomic E-state index is 11.8. The van der Waals surface area contributed by atoms with Gasteiger partial charge >= 0.3 is 0 Å². The predicted octanol–water partition coefficient (Wildman–Crippen LogP) is 1.77. The van der Waals surface area contributed by atoms with Crippen LogP contribution in [0.2, 0.25) is 0 Å². The molecule has 0 spiro atoms. The Morgan fingerprint density at radius 1 is 1.42 bits per heavy atom. The number of anilines is 1. The van der Waals surface area contributed by atoms with Gasteiger partial charge in [-0.15, -0.1) is 0 Å². The van der Waals surface area contributed by atoms with Crippen molar-refractivity contribution in [2.75, 3.05) is 12.4 Å². The highest BCUT2D eigenvalue weighted by atomic mass is 32.1. The lowest BCUT2D eigenvalue weighted by atomic mass is 10.2. The molecule has 19 heavy (non-hydrogen) atoms. The van der Waals surface area contributed by atoms with E-state index >= 15 is 0 Å². The first-order chi connectivity index (χ1) is 9.04. The molecule has 0 radical (unpaired) electrons. The summed E-state index contributed by atoms with van der Waals surface area (Å²) in [6, 6.07) is 5.56. The van der Waals surface area contributed by atoms with Crippen LogP contribution in [-0.4, -0.2) is 34.8 Å². The van der Waals surface area contributed by atoms with Gasteiger partial charge in [-0.3, -0.25) is 14.5 Å². The van der Waals surface area contributed by atoms with E-state index in [2.05, 4.69) is 10.3 Å². The zero-order valence-corrected chi connectivity index (χ0v) is 11.5. The van der Waals surface area contributed by atoms with Crippen molar-refractivity contribution in [3.63, 3.8) is 0 Å². The highest BCUT2D eigenvalue weighted by molar-refractivity contribution is 7.22. The zero-order chi connectivity index (χ0) is 13.6. The van der Waals surface area contributed by atoms with Crippen molar-refractivity contribution in [3.05, 3.63) is 23.8 Å². The van der Waals surface area contributed by atoms with Gasteiger partial charge in [-0.2, -0.15) is 0 Å². The summed E-state index contributed by atoms with van der Waals surface area (Å²) in [5, 5.41) is 3.74. The Morgan fingerprint density at radius 2 is 2.21 bits per heavy atom. The number of benzene rings is 1. The minimum atomic E-state index is -0.487. The molecule has 98 valence electrons. The number of amides is 2. The molecule has 1 unspecified atom stereocenters. The molecule has 2 aromatic rings. The fourth-order valence-electron chi connectivity index (χ4n) is 2.12. The van der Waals surface area contributed by atoms with Crippen LogP contribution in [0.15, 0.2) is 18.2 Å². The van der Waals surface area contributed by atoms with Crippen LogP contribution in [0.1, 0.15) is 12.0 Å². The molecule has 2 heterocycles. The predicted molar refractivity (Wildman–Crippen MR) is 74.2 cm³/mol. The monoisotopic (exact) mass is 275 g/mol. The number of hydrogen-bond donors (Lipinski definition) is 1. The third-order valence-corrected chi connectivity index (χ3v) is 4.19. The zero-order valence-electron chi connectivity index (χ0n) is 10.6. The summed E-state index contributed by atoms with van der Waals surface area (Å²) in [6.45, 7) is 2.01. The summed E-state index contributed by atoms with van der Waals surface area (Å²) in [4.78, 5) is 28.9. The summed E-state index contributed by atoms with van der Waals surface area (Å²) >= 11 is 1.49. The van der Waals surface area contributed by atoms with Gasteiger partial charge in [-0.05, 0) is 24.6 Å². The molecule has 2 amide bonds. The largest absolute Gasteiger partial charge is 0.349 e. The first-order valence-corrected chi connectivity index (χ1v) is 6.80. The molecule has 1 fully saturated rings. The molecule has 5 nitrogen and oxygen atoms in total. The molecule has 3 rings (SSSR count). The molecule has 1 aromatic heterocycles. The molecule has 1 N–H and O–H groups in total. The number of aryl methyl sites for hydroxylation is 1. The molecule has 6 heteroatoms. The number of nitrogens with zero attached hydrogens (tertiary/aromatic N) is 2. The Kier molecular flexibility index (Phi) is 2.74. The summed E-state index contributed by atoms with van der Waals surface area (Å²) < 4.78 is 1.07. The van der Waals surface area contributed by atoms with Gasteiger partial charge in [0.25, 0.3) is 5.91 Å². The number of hydrogen-bond acceptors (Lipinski definition) is 5. The van der Waals surface area contributed by atoms with Crippen molar-refractivity contribution < 1.29 is 9.59 Å². The molecule has 1 aliphatic rings. The van der Waals surface area contributed by atoms with Crippen molar-refractivity contribution in [1.82, 2.24) is 9.88 Å². The van der Waals surface area contributed by atoms with Crippen LogP contribution in [0, 0.1) is 6.92 Å². The fraction of sp³-hybridized carbons (Fsp3) is 0.308. The van der Waals surface area contributed by atoms with E-state index in [1.54, 1.807) is 0 Å². The molecule has 0 aliphatic carbocycles. The normalized spacial score (nSPS) is 19.5. The Hall–Kier alpha value is -1.95. The van der Waals surface area contributed by atoms with Crippen LogP contribution in [0.25, 0.3) is 10.2 Å². The molecule has 1 aromatic carbocycles. The average Bonchev–Trinajstić information content (AvgIpc) is 2.86. The summed E-state index contributed by atoms with van der Waals surface area (Å²) in [7, 11) is 1.51. The van der Waals surface area contributed by atoms with Crippen molar-refractivity contribution in [3.8, 4) is 0 Å². The van der Waals surface area contributed by atoms with Gasteiger partial charge in [0.05, 0.1) is 16.6 Å². The number of aromatic nitrogens is 1. The maximum absolute atomic E-state index is 11.8. The maximum Gasteiger partial charge on any atom is 0.251 e. The van der Waals surface area contributed by atoms with Gasteiger partial charge in [0, 0.05) is 7.05 Å². The highest BCUT2D eigenvalue weighted by Crippen LogP contribution is 2.28.